The topological polar surface area (TPSA) is 21.3 Å². The lowest BCUT2D eigenvalue weighted by atomic mass is 10.00. The van der Waals surface area contributed by atoms with Crippen molar-refractivity contribution in [3.63, 3.8) is 0 Å². The van der Waals surface area contributed by atoms with Gasteiger partial charge >= 0.3 is 0 Å². The SMILES string of the molecule is CCC(C)C(C)NCC1CCOC1. The Kier molecular flexibility index (Phi) is 4.74. The number of nitrogens with one attached hydrogen (secondary N) is 1. The second-order valence-corrected chi connectivity index (χ2v) is 4.31. The first-order valence-electron chi connectivity index (χ1n) is 5.55. The van der Waals surface area contributed by atoms with E-state index in [0.717, 1.165) is 31.6 Å². The Balaban J connectivity index is 2.10. The summed E-state index contributed by atoms with van der Waals surface area (Å²) in [6.45, 7) is 9.89. The molecule has 0 amide bonds. The second kappa shape index (κ2) is 5.61. The predicted molar refractivity (Wildman–Crippen MR) is 55.8 cm³/mol. The van der Waals surface area contributed by atoms with Crippen molar-refractivity contribution in [1.29, 1.82) is 0 Å². The van der Waals surface area contributed by atoms with Gasteiger partial charge in [0.25, 0.3) is 0 Å². The Hall–Kier alpha value is -0.0800. The first-order valence-corrected chi connectivity index (χ1v) is 5.55. The third-order valence-electron chi connectivity index (χ3n) is 3.25. The van der Waals surface area contributed by atoms with Crippen molar-refractivity contribution in [2.45, 2.75) is 39.7 Å². The standard InChI is InChI=1S/C11H23NO/c1-4-9(2)10(3)12-7-11-5-6-13-8-11/h9-12H,4-8H2,1-3H3. The first-order chi connectivity index (χ1) is 6.24. The highest BCUT2D eigenvalue weighted by atomic mass is 16.5. The van der Waals surface area contributed by atoms with Gasteiger partial charge in [-0.1, -0.05) is 20.3 Å². The maximum atomic E-state index is 5.34. The highest BCUT2D eigenvalue weighted by Crippen LogP contribution is 2.12. The fourth-order valence-corrected chi connectivity index (χ4v) is 1.65. The molecule has 0 spiro atoms. The quantitative estimate of drug-likeness (QED) is 0.708. The molecule has 3 atom stereocenters. The van der Waals surface area contributed by atoms with E-state index in [0.29, 0.717) is 6.04 Å². The lowest BCUT2D eigenvalue weighted by molar-refractivity contribution is 0.184. The highest BCUT2D eigenvalue weighted by Gasteiger charge is 2.17. The average molecular weight is 185 g/mol. The van der Waals surface area contributed by atoms with Crippen LogP contribution in [0.3, 0.4) is 0 Å². The molecule has 1 N–H and O–H groups in total. The summed E-state index contributed by atoms with van der Waals surface area (Å²) < 4.78 is 5.34. The molecule has 0 aromatic rings. The van der Waals surface area contributed by atoms with Gasteiger partial charge in [-0.2, -0.15) is 0 Å². The van der Waals surface area contributed by atoms with Crippen LogP contribution >= 0.6 is 0 Å². The molecule has 0 bridgehead atoms. The molecule has 1 saturated heterocycles. The molecule has 13 heavy (non-hydrogen) atoms. The maximum Gasteiger partial charge on any atom is 0.0507 e. The fraction of sp³-hybridized carbons (Fsp3) is 1.00. The van der Waals surface area contributed by atoms with E-state index in [1.165, 1.54) is 12.8 Å². The van der Waals surface area contributed by atoms with E-state index < -0.39 is 0 Å². The third kappa shape index (κ3) is 3.65. The van der Waals surface area contributed by atoms with E-state index in [4.69, 9.17) is 4.74 Å². The van der Waals surface area contributed by atoms with Crippen LogP contribution in [0, 0.1) is 11.8 Å². The normalized spacial score (nSPS) is 27.5. The van der Waals surface area contributed by atoms with Gasteiger partial charge in [0.1, 0.15) is 0 Å². The summed E-state index contributed by atoms with van der Waals surface area (Å²) in [6, 6.07) is 0.644. The summed E-state index contributed by atoms with van der Waals surface area (Å²) in [6.07, 6.45) is 2.50. The monoisotopic (exact) mass is 185 g/mol. The van der Waals surface area contributed by atoms with Gasteiger partial charge in [0.15, 0.2) is 0 Å². The summed E-state index contributed by atoms with van der Waals surface area (Å²) in [5, 5.41) is 3.60. The molecule has 0 radical (unpaired) electrons. The van der Waals surface area contributed by atoms with Crippen LogP contribution in [0.5, 0.6) is 0 Å². The molecule has 1 aliphatic heterocycles. The van der Waals surface area contributed by atoms with Gasteiger partial charge in [0.05, 0.1) is 6.61 Å². The molecule has 78 valence electrons. The van der Waals surface area contributed by atoms with E-state index >= 15 is 0 Å². The van der Waals surface area contributed by atoms with Gasteiger partial charge in [0.2, 0.25) is 0 Å². The summed E-state index contributed by atoms with van der Waals surface area (Å²) >= 11 is 0. The van der Waals surface area contributed by atoms with Crippen LogP contribution in [0.15, 0.2) is 0 Å². The van der Waals surface area contributed by atoms with Crippen LogP contribution in [0.25, 0.3) is 0 Å². The summed E-state index contributed by atoms with van der Waals surface area (Å²) in [4.78, 5) is 0. The Bertz CT molecular complexity index is 132. The molecule has 1 rings (SSSR count). The van der Waals surface area contributed by atoms with E-state index in [1.807, 2.05) is 0 Å². The van der Waals surface area contributed by atoms with Gasteiger partial charge in [-0.05, 0) is 25.2 Å². The first kappa shape index (κ1) is 11.0. The van der Waals surface area contributed by atoms with Crippen LogP contribution in [0.2, 0.25) is 0 Å². The average Bonchev–Trinajstić information content (AvgIpc) is 2.65. The molecular formula is C11H23NO. The zero-order valence-electron chi connectivity index (χ0n) is 9.18. The van der Waals surface area contributed by atoms with Gasteiger partial charge in [0, 0.05) is 19.2 Å². The minimum Gasteiger partial charge on any atom is -0.381 e. The highest BCUT2D eigenvalue weighted by molar-refractivity contribution is 4.72. The molecule has 1 heterocycles. The van der Waals surface area contributed by atoms with Crippen LogP contribution in [0.1, 0.15) is 33.6 Å². The van der Waals surface area contributed by atoms with Crippen molar-refractivity contribution >= 4 is 0 Å². The third-order valence-corrected chi connectivity index (χ3v) is 3.25. The zero-order valence-corrected chi connectivity index (χ0v) is 9.18. The molecular weight excluding hydrogens is 162 g/mol. The number of rotatable bonds is 5. The minimum absolute atomic E-state index is 0.644. The molecule has 0 saturated carbocycles. The number of hydrogen-bond acceptors (Lipinski definition) is 2. The van der Waals surface area contributed by atoms with Crippen molar-refractivity contribution in [2.75, 3.05) is 19.8 Å². The van der Waals surface area contributed by atoms with Crippen molar-refractivity contribution < 1.29 is 4.74 Å². The van der Waals surface area contributed by atoms with Crippen LogP contribution in [-0.2, 0) is 4.74 Å². The van der Waals surface area contributed by atoms with Crippen molar-refractivity contribution in [1.82, 2.24) is 5.32 Å². The Morgan fingerprint density at radius 3 is 2.77 bits per heavy atom. The number of hydrogen-bond donors (Lipinski definition) is 1. The van der Waals surface area contributed by atoms with Crippen molar-refractivity contribution in [3.05, 3.63) is 0 Å². The Labute approximate surface area is 82.0 Å². The molecule has 0 aliphatic carbocycles. The summed E-state index contributed by atoms with van der Waals surface area (Å²) in [5.74, 6) is 1.54. The molecule has 1 aliphatic rings. The van der Waals surface area contributed by atoms with Crippen LogP contribution in [-0.4, -0.2) is 25.8 Å². The molecule has 0 aromatic carbocycles. The summed E-state index contributed by atoms with van der Waals surface area (Å²) in [7, 11) is 0. The zero-order chi connectivity index (χ0) is 9.68. The lowest BCUT2D eigenvalue weighted by Crippen LogP contribution is -2.35. The van der Waals surface area contributed by atoms with Crippen LogP contribution < -0.4 is 5.32 Å². The molecule has 1 fully saturated rings. The molecule has 3 unspecified atom stereocenters. The van der Waals surface area contributed by atoms with Gasteiger partial charge < -0.3 is 10.1 Å². The fourth-order valence-electron chi connectivity index (χ4n) is 1.65. The van der Waals surface area contributed by atoms with Gasteiger partial charge in [-0.15, -0.1) is 0 Å². The van der Waals surface area contributed by atoms with Crippen molar-refractivity contribution in [3.8, 4) is 0 Å². The molecule has 0 aromatic heterocycles. The van der Waals surface area contributed by atoms with E-state index in [1.54, 1.807) is 0 Å². The summed E-state index contributed by atoms with van der Waals surface area (Å²) in [5.41, 5.74) is 0. The Morgan fingerprint density at radius 2 is 2.23 bits per heavy atom. The van der Waals surface area contributed by atoms with Crippen LogP contribution in [0.4, 0.5) is 0 Å². The maximum absolute atomic E-state index is 5.34. The lowest BCUT2D eigenvalue weighted by Gasteiger charge is -2.21. The molecule has 2 nitrogen and oxygen atoms in total. The van der Waals surface area contributed by atoms with E-state index in [-0.39, 0.29) is 0 Å². The molecule has 2 heteroatoms. The number of ether oxygens (including phenoxy) is 1. The minimum atomic E-state index is 0.644. The predicted octanol–water partition coefficient (Wildman–Crippen LogP) is 2.05. The Morgan fingerprint density at radius 1 is 1.46 bits per heavy atom. The van der Waals surface area contributed by atoms with Gasteiger partial charge in [-0.25, -0.2) is 0 Å². The van der Waals surface area contributed by atoms with Gasteiger partial charge in [-0.3, -0.25) is 0 Å². The van der Waals surface area contributed by atoms with Crippen molar-refractivity contribution in [2.24, 2.45) is 11.8 Å². The van der Waals surface area contributed by atoms with E-state index in [2.05, 4.69) is 26.1 Å². The van der Waals surface area contributed by atoms with E-state index in [9.17, 15) is 0 Å². The second-order valence-electron chi connectivity index (χ2n) is 4.31. The smallest absolute Gasteiger partial charge is 0.0507 e. The largest absolute Gasteiger partial charge is 0.381 e.